The Morgan fingerprint density at radius 1 is 1.22 bits per heavy atom. The van der Waals surface area contributed by atoms with Crippen LogP contribution >= 0.6 is 15.9 Å². The zero-order valence-electron chi connectivity index (χ0n) is 16.2. The van der Waals surface area contributed by atoms with E-state index < -0.39 is 0 Å². The second-order valence-corrected chi connectivity index (χ2v) is 7.36. The number of amides is 1. The van der Waals surface area contributed by atoms with Gasteiger partial charge in [0.15, 0.2) is 0 Å². The number of nitrogens with one attached hydrogen (secondary N) is 1. The van der Waals surface area contributed by atoms with Crippen molar-refractivity contribution >= 4 is 21.8 Å². The van der Waals surface area contributed by atoms with E-state index in [1.54, 1.807) is 16.9 Å². The summed E-state index contributed by atoms with van der Waals surface area (Å²) >= 11 is 3.52. The fourth-order valence-corrected chi connectivity index (χ4v) is 3.35. The molecule has 1 unspecified atom stereocenters. The summed E-state index contributed by atoms with van der Waals surface area (Å²) in [6, 6.07) is 1.57. The number of aromatic nitrogens is 6. The summed E-state index contributed by atoms with van der Waals surface area (Å²) in [6.07, 6.45) is 3.59. The van der Waals surface area contributed by atoms with Crippen molar-refractivity contribution in [2.75, 3.05) is 0 Å². The topological polar surface area (TPSA) is 82.6 Å². The van der Waals surface area contributed by atoms with Gasteiger partial charge in [-0.1, -0.05) is 0 Å². The van der Waals surface area contributed by atoms with Crippen LogP contribution in [-0.4, -0.2) is 35.2 Å². The van der Waals surface area contributed by atoms with E-state index in [9.17, 15) is 4.79 Å². The molecule has 27 heavy (non-hydrogen) atoms. The van der Waals surface area contributed by atoms with Gasteiger partial charge in [0.2, 0.25) is 0 Å². The van der Waals surface area contributed by atoms with Crippen LogP contribution in [0.1, 0.15) is 53.0 Å². The summed E-state index contributed by atoms with van der Waals surface area (Å²) in [5.41, 5.74) is 4.39. The minimum absolute atomic E-state index is 0.144. The van der Waals surface area contributed by atoms with Gasteiger partial charge >= 0.3 is 0 Å². The molecule has 3 rings (SSSR count). The first-order chi connectivity index (χ1) is 12.8. The maximum atomic E-state index is 12.6. The van der Waals surface area contributed by atoms with Crippen molar-refractivity contribution in [3.8, 4) is 0 Å². The summed E-state index contributed by atoms with van der Waals surface area (Å²) in [7, 11) is 0. The number of halogens is 1. The average molecular weight is 434 g/mol. The molecule has 1 amide bonds. The summed E-state index contributed by atoms with van der Waals surface area (Å²) in [4.78, 5) is 12.6. The van der Waals surface area contributed by atoms with Gasteiger partial charge in [0, 0.05) is 24.0 Å². The summed E-state index contributed by atoms with van der Waals surface area (Å²) in [5.74, 6) is -0.209. The molecule has 0 fully saturated rings. The minimum Gasteiger partial charge on any atom is -0.344 e. The predicted molar refractivity (Wildman–Crippen MR) is 106 cm³/mol. The lowest BCUT2D eigenvalue weighted by atomic mass is 10.1. The van der Waals surface area contributed by atoms with Crippen LogP contribution in [0.4, 0.5) is 0 Å². The van der Waals surface area contributed by atoms with E-state index >= 15 is 0 Å². The van der Waals surface area contributed by atoms with Gasteiger partial charge in [-0.05, 0) is 56.6 Å². The molecule has 3 aromatic rings. The molecule has 3 aromatic heterocycles. The maximum absolute atomic E-state index is 12.6. The molecule has 3 heterocycles. The SMILES string of the molecule is CCn1ncc(C(C)NC(=O)c2ccn(Cn3nc(C)c(Br)c3C)n2)c1C. The highest BCUT2D eigenvalue weighted by Gasteiger charge is 2.18. The lowest BCUT2D eigenvalue weighted by Gasteiger charge is -2.13. The van der Waals surface area contributed by atoms with Crippen LogP contribution in [0.25, 0.3) is 0 Å². The van der Waals surface area contributed by atoms with E-state index in [2.05, 4.69) is 36.5 Å². The van der Waals surface area contributed by atoms with E-state index in [4.69, 9.17) is 0 Å². The molecule has 0 saturated carbocycles. The van der Waals surface area contributed by atoms with Crippen molar-refractivity contribution in [3.63, 3.8) is 0 Å². The molecule has 0 aliphatic carbocycles. The highest BCUT2D eigenvalue weighted by Crippen LogP contribution is 2.20. The number of nitrogens with zero attached hydrogens (tertiary/aromatic N) is 6. The number of aryl methyl sites for hydroxylation is 2. The van der Waals surface area contributed by atoms with Crippen molar-refractivity contribution < 1.29 is 4.79 Å². The first-order valence-electron chi connectivity index (χ1n) is 8.88. The second-order valence-electron chi connectivity index (χ2n) is 6.56. The highest BCUT2D eigenvalue weighted by atomic mass is 79.9. The van der Waals surface area contributed by atoms with E-state index in [-0.39, 0.29) is 11.9 Å². The smallest absolute Gasteiger partial charge is 0.272 e. The maximum Gasteiger partial charge on any atom is 0.272 e. The van der Waals surface area contributed by atoms with Crippen LogP contribution in [0.5, 0.6) is 0 Å². The van der Waals surface area contributed by atoms with Gasteiger partial charge in [-0.25, -0.2) is 4.68 Å². The molecule has 0 spiro atoms. The van der Waals surface area contributed by atoms with Crippen molar-refractivity contribution in [1.82, 2.24) is 34.7 Å². The van der Waals surface area contributed by atoms with Gasteiger partial charge in [0.05, 0.1) is 28.1 Å². The number of carbonyl (C=O) groups excluding carboxylic acids is 1. The first-order valence-corrected chi connectivity index (χ1v) is 9.67. The van der Waals surface area contributed by atoms with Crippen LogP contribution < -0.4 is 5.32 Å². The Hall–Kier alpha value is -2.42. The largest absolute Gasteiger partial charge is 0.344 e. The van der Waals surface area contributed by atoms with Crippen LogP contribution in [0.3, 0.4) is 0 Å². The van der Waals surface area contributed by atoms with Crippen LogP contribution in [0.15, 0.2) is 22.9 Å². The van der Waals surface area contributed by atoms with E-state index in [0.717, 1.165) is 33.7 Å². The molecule has 9 heteroatoms. The van der Waals surface area contributed by atoms with Gasteiger partial charge in [-0.3, -0.25) is 14.2 Å². The Labute approximate surface area is 166 Å². The zero-order chi connectivity index (χ0) is 19.7. The molecule has 0 radical (unpaired) electrons. The monoisotopic (exact) mass is 433 g/mol. The number of hydrogen-bond donors (Lipinski definition) is 1. The third-order valence-corrected chi connectivity index (χ3v) is 5.85. The Morgan fingerprint density at radius 2 is 1.96 bits per heavy atom. The predicted octanol–water partition coefficient (Wildman–Crippen LogP) is 2.98. The molecule has 0 saturated heterocycles. The van der Waals surface area contributed by atoms with Crippen LogP contribution in [0.2, 0.25) is 0 Å². The van der Waals surface area contributed by atoms with E-state index in [0.29, 0.717) is 12.4 Å². The van der Waals surface area contributed by atoms with Gasteiger partial charge in [-0.2, -0.15) is 15.3 Å². The molecule has 8 nitrogen and oxygen atoms in total. The second kappa shape index (κ2) is 7.67. The van der Waals surface area contributed by atoms with Crippen LogP contribution in [-0.2, 0) is 13.2 Å². The van der Waals surface area contributed by atoms with Crippen molar-refractivity contribution in [2.24, 2.45) is 0 Å². The highest BCUT2D eigenvalue weighted by molar-refractivity contribution is 9.10. The van der Waals surface area contributed by atoms with Gasteiger partial charge in [0.25, 0.3) is 5.91 Å². The number of carbonyl (C=O) groups is 1. The summed E-state index contributed by atoms with van der Waals surface area (Å²) in [5, 5.41) is 16.2. The summed E-state index contributed by atoms with van der Waals surface area (Å²) in [6.45, 7) is 11.2. The standard InChI is InChI=1S/C18H24BrN7O/c1-6-25-13(4)15(9-20-25)11(2)21-18(27)16-7-8-24(23-16)10-26-14(5)17(19)12(3)22-26/h7-9,11H,6,10H2,1-5H3,(H,21,27). The Balaban J connectivity index is 1.69. The molecule has 144 valence electrons. The Morgan fingerprint density at radius 3 is 2.56 bits per heavy atom. The summed E-state index contributed by atoms with van der Waals surface area (Å²) < 4.78 is 6.45. The molecule has 0 aromatic carbocycles. The number of hydrogen-bond acceptors (Lipinski definition) is 4. The van der Waals surface area contributed by atoms with Gasteiger partial charge in [-0.15, -0.1) is 0 Å². The molecule has 0 aliphatic rings. The lowest BCUT2D eigenvalue weighted by Crippen LogP contribution is -2.27. The Bertz CT molecular complexity index is 969. The minimum atomic E-state index is -0.209. The normalized spacial score (nSPS) is 12.4. The molecule has 1 N–H and O–H groups in total. The third-order valence-electron chi connectivity index (χ3n) is 4.70. The van der Waals surface area contributed by atoms with E-state index in [1.807, 2.05) is 50.2 Å². The number of rotatable bonds is 6. The quantitative estimate of drug-likeness (QED) is 0.647. The molecule has 0 aliphatic heterocycles. The van der Waals surface area contributed by atoms with E-state index in [1.165, 1.54) is 0 Å². The van der Waals surface area contributed by atoms with Gasteiger partial charge < -0.3 is 5.32 Å². The third kappa shape index (κ3) is 3.83. The van der Waals surface area contributed by atoms with Crippen molar-refractivity contribution in [2.45, 2.75) is 53.9 Å². The average Bonchev–Trinajstić information content (AvgIpc) is 3.31. The molecule has 1 atom stereocenters. The van der Waals surface area contributed by atoms with Gasteiger partial charge in [0.1, 0.15) is 12.4 Å². The first kappa shape index (κ1) is 19.3. The van der Waals surface area contributed by atoms with Crippen LogP contribution in [0, 0.1) is 20.8 Å². The molecule has 0 bridgehead atoms. The fourth-order valence-electron chi connectivity index (χ4n) is 3.06. The fraction of sp³-hybridized carbons (Fsp3) is 0.444. The zero-order valence-corrected chi connectivity index (χ0v) is 17.8. The molecular formula is C18H24BrN7O. The molecular weight excluding hydrogens is 410 g/mol. The van der Waals surface area contributed by atoms with Crippen molar-refractivity contribution in [1.29, 1.82) is 0 Å². The lowest BCUT2D eigenvalue weighted by molar-refractivity contribution is 0.0933. The van der Waals surface area contributed by atoms with Crippen molar-refractivity contribution in [3.05, 3.63) is 51.3 Å². The Kier molecular flexibility index (Phi) is 5.50.